The van der Waals surface area contributed by atoms with E-state index < -0.39 is 0 Å². The lowest BCUT2D eigenvalue weighted by molar-refractivity contribution is 0.509. The Morgan fingerprint density at radius 1 is 1.46 bits per heavy atom. The molecule has 13 heavy (non-hydrogen) atoms. The van der Waals surface area contributed by atoms with E-state index in [0.29, 0.717) is 5.15 Å². The molecule has 0 aromatic carbocycles. The predicted molar refractivity (Wildman–Crippen MR) is 53.5 cm³/mol. The molecule has 0 spiro atoms. The van der Waals surface area contributed by atoms with Crippen LogP contribution in [-0.2, 0) is 5.54 Å². The van der Waals surface area contributed by atoms with Gasteiger partial charge in [-0.25, -0.2) is 4.98 Å². The zero-order valence-corrected chi connectivity index (χ0v) is 8.60. The van der Waals surface area contributed by atoms with Gasteiger partial charge in [0.05, 0.1) is 0 Å². The molecule has 1 aliphatic carbocycles. The molecule has 3 heteroatoms. The van der Waals surface area contributed by atoms with E-state index >= 15 is 0 Å². The number of nitrogens with zero attached hydrogens (tertiary/aromatic N) is 1. The summed E-state index contributed by atoms with van der Waals surface area (Å²) in [5.74, 6) is 0. The van der Waals surface area contributed by atoms with Gasteiger partial charge in [-0.05, 0) is 23.5 Å². The standard InChI is InChI=1S/C10H13ClN2/c1-9(2)6-10(9,12)7-3-4-8(11)13-5-7/h3-5H,6,12H2,1-2H3. The van der Waals surface area contributed by atoms with E-state index in [1.807, 2.05) is 6.07 Å². The SMILES string of the molecule is CC1(C)CC1(N)c1ccc(Cl)nc1. The van der Waals surface area contributed by atoms with E-state index in [1.54, 1.807) is 12.3 Å². The van der Waals surface area contributed by atoms with Crippen molar-refractivity contribution in [1.82, 2.24) is 4.98 Å². The van der Waals surface area contributed by atoms with Gasteiger partial charge in [0.15, 0.2) is 0 Å². The highest BCUT2D eigenvalue weighted by molar-refractivity contribution is 6.29. The first-order valence-electron chi connectivity index (χ1n) is 4.37. The van der Waals surface area contributed by atoms with Crippen molar-refractivity contribution in [1.29, 1.82) is 0 Å². The summed E-state index contributed by atoms with van der Waals surface area (Å²) in [7, 11) is 0. The molecule has 2 rings (SSSR count). The lowest BCUT2D eigenvalue weighted by Crippen LogP contribution is -2.25. The van der Waals surface area contributed by atoms with Gasteiger partial charge in [0.25, 0.3) is 0 Å². The van der Waals surface area contributed by atoms with Crippen LogP contribution >= 0.6 is 11.6 Å². The highest BCUT2D eigenvalue weighted by atomic mass is 35.5. The number of pyridine rings is 1. The van der Waals surface area contributed by atoms with Crippen LogP contribution in [0.1, 0.15) is 25.8 Å². The molecule has 0 amide bonds. The summed E-state index contributed by atoms with van der Waals surface area (Å²) in [6, 6.07) is 3.75. The number of hydrogen-bond donors (Lipinski definition) is 1. The molecule has 70 valence electrons. The molecule has 0 radical (unpaired) electrons. The second kappa shape index (κ2) is 2.46. The Kier molecular flexibility index (Phi) is 1.70. The molecule has 2 nitrogen and oxygen atoms in total. The van der Waals surface area contributed by atoms with Crippen LogP contribution in [0.15, 0.2) is 18.3 Å². The van der Waals surface area contributed by atoms with Crippen LogP contribution in [0.5, 0.6) is 0 Å². The lowest BCUT2D eigenvalue weighted by atomic mass is 9.99. The van der Waals surface area contributed by atoms with Crippen molar-refractivity contribution in [3.63, 3.8) is 0 Å². The van der Waals surface area contributed by atoms with E-state index in [0.717, 1.165) is 12.0 Å². The van der Waals surface area contributed by atoms with Gasteiger partial charge in [-0.15, -0.1) is 0 Å². The van der Waals surface area contributed by atoms with Crippen molar-refractivity contribution in [3.05, 3.63) is 29.0 Å². The van der Waals surface area contributed by atoms with Gasteiger partial charge < -0.3 is 5.73 Å². The molecule has 1 atom stereocenters. The van der Waals surface area contributed by atoms with Crippen LogP contribution in [-0.4, -0.2) is 4.98 Å². The molecule has 1 unspecified atom stereocenters. The molecular weight excluding hydrogens is 184 g/mol. The molecule has 1 aliphatic rings. The van der Waals surface area contributed by atoms with Crippen molar-refractivity contribution < 1.29 is 0 Å². The fraction of sp³-hybridized carbons (Fsp3) is 0.500. The van der Waals surface area contributed by atoms with Gasteiger partial charge in [-0.1, -0.05) is 31.5 Å². The predicted octanol–water partition coefficient (Wildman–Crippen LogP) is 2.32. The Hall–Kier alpha value is -0.600. The van der Waals surface area contributed by atoms with Crippen LogP contribution in [0.4, 0.5) is 0 Å². The maximum atomic E-state index is 6.21. The zero-order chi connectivity index (χ0) is 9.69. The summed E-state index contributed by atoms with van der Waals surface area (Å²) < 4.78 is 0. The van der Waals surface area contributed by atoms with Gasteiger partial charge in [0.2, 0.25) is 0 Å². The molecule has 1 heterocycles. The first kappa shape index (κ1) is 8.97. The topological polar surface area (TPSA) is 38.9 Å². The van der Waals surface area contributed by atoms with Gasteiger partial charge in [-0.2, -0.15) is 0 Å². The highest BCUT2D eigenvalue weighted by Gasteiger charge is 2.59. The fourth-order valence-corrected chi connectivity index (χ4v) is 1.90. The largest absolute Gasteiger partial charge is 0.321 e. The summed E-state index contributed by atoms with van der Waals surface area (Å²) in [5, 5.41) is 0.519. The van der Waals surface area contributed by atoms with Gasteiger partial charge in [-0.3, -0.25) is 0 Å². The maximum absolute atomic E-state index is 6.21. The molecule has 0 bridgehead atoms. The van der Waals surface area contributed by atoms with Crippen molar-refractivity contribution in [2.45, 2.75) is 25.8 Å². The number of nitrogens with two attached hydrogens (primary N) is 1. The Morgan fingerprint density at radius 2 is 2.08 bits per heavy atom. The first-order valence-corrected chi connectivity index (χ1v) is 4.74. The van der Waals surface area contributed by atoms with Gasteiger partial charge in [0.1, 0.15) is 5.15 Å². The molecular formula is C10H13ClN2. The Bertz CT molecular complexity index is 331. The van der Waals surface area contributed by atoms with Crippen LogP contribution in [0.3, 0.4) is 0 Å². The second-order valence-corrected chi connectivity index (χ2v) is 4.79. The Balaban J connectivity index is 2.34. The number of rotatable bonds is 1. The second-order valence-electron chi connectivity index (χ2n) is 4.40. The summed E-state index contributed by atoms with van der Waals surface area (Å²) in [6.07, 6.45) is 2.79. The third kappa shape index (κ3) is 1.25. The van der Waals surface area contributed by atoms with Crippen LogP contribution in [0.2, 0.25) is 5.15 Å². The number of aromatic nitrogens is 1. The minimum atomic E-state index is -0.190. The van der Waals surface area contributed by atoms with Gasteiger partial charge >= 0.3 is 0 Å². The van der Waals surface area contributed by atoms with Crippen molar-refractivity contribution in [2.75, 3.05) is 0 Å². The number of hydrogen-bond acceptors (Lipinski definition) is 2. The number of halogens is 1. The molecule has 1 aromatic rings. The molecule has 0 saturated heterocycles. The quantitative estimate of drug-likeness (QED) is 0.701. The summed E-state index contributed by atoms with van der Waals surface area (Å²) in [6.45, 7) is 4.34. The normalized spacial score (nSPS) is 30.2. The molecule has 2 N–H and O–H groups in total. The molecule has 1 aromatic heterocycles. The summed E-state index contributed by atoms with van der Waals surface area (Å²) in [4.78, 5) is 4.04. The Morgan fingerprint density at radius 3 is 2.46 bits per heavy atom. The average molecular weight is 197 g/mol. The average Bonchev–Trinajstić information content (AvgIpc) is 2.53. The van der Waals surface area contributed by atoms with E-state index in [1.165, 1.54) is 0 Å². The minimum absolute atomic E-state index is 0.190. The summed E-state index contributed by atoms with van der Waals surface area (Å²) >= 11 is 5.70. The highest BCUT2D eigenvalue weighted by Crippen LogP contribution is 2.60. The lowest BCUT2D eigenvalue weighted by Gasteiger charge is -2.14. The smallest absolute Gasteiger partial charge is 0.129 e. The summed E-state index contributed by atoms with van der Waals surface area (Å²) in [5.41, 5.74) is 7.30. The van der Waals surface area contributed by atoms with Crippen molar-refractivity contribution in [3.8, 4) is 0 Å². The minimum Gasteiger partial charge on any atom is -0.321 e. The molecule has 1 saturated carbocycles. The monoisotopic (exact) mass is 196 g/mol. The first-order chi connectivity index (χ1) is 5.96. The van der Waals surface area contributed by atoms with E-state index in [4.69, 9.17) is 17.3 Å². The molecule has 0 aliphatic heterocycles. The van der Waals surface area contributed by atoms with Crippen LogP contribution in [0, 0.1) is 5.41 Å². The van der Waals surface area contributed by atoms with Gasteiger partial charge in [0, 0.05) is 11.7 Å². The fourth-order valence-electron chi connectivity index (χ4n) is 1.79. The Labute approximate surface area is 83.1 Å². The van der Waals surface area contributed by atoms with Crippen molar-refractivity contribution in [2.24, 2.45) is 11.1 Å². The van der Waals surface area contributed by atoms with Crippen molar-refractivity contribution >= 4 is 11.6 Å². The third-order valence-electron chi connectivity index (χ3n) is 3.05. The van der Waals surface area contributed by atoms with E-state index in [9.17, 15) is 0 Å². The van der Waals surface area contributed by atoms with E-state index in [-0.39, 0.29) is 11.0 Å². The van der Waals surface area contributed by atoms with E-state index in [2.05, 4.69) is 18.8 Å². The molecule has 1 fully saturated rings. The third-order valence-corrected chi connectivity index (χ3v) is 3.27. The zero-order valence-electron chi connectivity index (χ0n) is 7.84. The maximum Gasteiger partial charge on any atom is 0.129 e. The van der Waals surface area contributed by atoms with Crippen LogP contribution < -0.4 is 5.73 Å². The van der Waals surface area contributed by atoms with Crippen LogP contribution in [0.25, 0.3) is 0 Å².